The van der Waals surface area contributed by atoms with E-state index in [4.69, 9.17) is 4.74 Å². The molecule has 0 atom stereocenters. The molecule has 0 radical (unpaired) electrons. The first-order valence-electron chi connectivity index (χ1n) is 5.64. The van der Waals surface area contributed by atoms with E-state index in [0.717, 1.165) is 0 Å². The lowest BCUT2D eigenvalue weighted by Gasteiger charge is -2.35. The van der Waals surface area contributed by atoms with Crippen LogP contribution in [0.5, 0.6) is 0 Å². The number of nitrogens with zero attached hydrogens (tertiary/aromatic N) is 3. The minimum atomic E-state index is -0.830. The zero-order valence-electron chi connectivity index (χ0n) is 9.87. The van der Waals surface area contributed by atoms with E-state index >= 15 is 0 Å². The summed E-state index contributed by atoms with van der Waals surface area (Å²) in [5.74, 6) is 0. The fourth-order valence-electron chi connectivity index (χ4n) is 1.99. The number of hydrogen-bond acceptors (Lipinski definition) is 4. The Kier molecular flexibility index (Phi) is 3.44. The first-order chi connectivity index (χ1) is 8.11. The summed E-state index contributed by atoms with van der Waals surface area (Å²) < 4.78 is 6.59. The third-order valence-corrected chi connectivity index (χ3v) is 3.01. The van der Waals surface area contributed by atoms with Gasteiger partial charge in [-0.2, -0.15) is 0 Å². The third-order valence-electron chi connectivity index (χ3n) is 3.01. The quantitative estimate of drug-likeness (QED) is 0.807. The Labute approximate surface area is 99.8 Å². The van der Waals surface area contributed by atoms with Crippen LogP contribution in [0.3, 0.4) is 0 Å². The van der Waals surface area contributed by atoms with Gasteiger partial charge in [-0.1, -0.05) is 0 Å². The molecule has 1 aliphatic heterocycles. The zero-order chi connectivity index (χ0) is 12.3. The van der Waals surface area contributed by atoms with Crippen LogP contribution in [0.15, 0.2) is 18.7 Å². The monoisotopic (exact) mass is 239 g/mol. The summed E-state index contributed by atoms with van der Waals surface area (Å²) in [7, 11) is 1.68. The van der Waals surface area contributed by atoms with Crippen LogP contribution in [0.2, 0.25) is 0 Å². The normalized spacial score (nSPS) is 18.9. The van der Waals surface area contributed by atoms with Gasteiger partial charge in [-0.15, -0.1) is 0 Å². The highest BCUT2D eigenvalue weighted by Crippen LogP contribution is 2.21. The lowest BCUT2D eigenvalue weighted by molar-refractivity contribution is -0.0721. The molecule has 1 amide bonds. The number of aromatic nitrogens is 2. The number of aliphatic hydroxyl groups is 1. The van der Waals surface area contributed by atoms with E-state index < -0.39 is 5.60 Å². The van der Waals surface area contributed by atoms with Gasteiger partial charge in [0.1, 0.15) is 6.33 Å². The highest BCUT2D eigenvalue weighted by Gasteiger charge is 2.32. The Bertz CT molecular complexity index is 371. The Hall–Kier alpha value is -1.40. The zero-order valence-corrected chi connectivity index (χ0v) is 9.87. The van der Waals surface area contributed by atoms with E-state index in [1.165, 1.54) is 15.8 Å². The molecule has 1 aliphatic rings. The van der Waals surface area contributed by atoms with Gasteiger partial charge in [-0.25, -0.2) is 9.78 Å². The lowest BCUT2D eigenvalue weighted by Crippen LogP contribution is -2.48. The average Bonchev–Trinajstić information content (AvgIpc) is 2.81. The molecule has 0 bridgehead atoms. The van der Waals surface area contributed by atoms with Crippen molar-refractivity contribution in [3.05, 3.63) is 18.7 Å². The molecule has 2 heterocycles. The molecule has 1 aromatic heterocycles. The number of carbonyl (C=O) groups excluding carboxylic acids is 1. The number of carbonyl (C=O) groups is 1. The molecular formula is C11H17N3O3. The summed E-state index contributed by atoms with van der Waals surface area (Å²) in [5.41, 5.74) is -0.830. The average molecular weight is 239 g/mol. The Morgan fingerprint density at radius 3 is 2.88 bits per heavy atom. The molecule has 1 fully saturated rings. The van der Waals surface area contributed by atoms with Crippen molar-refractivity contribution in [2.24, 2.45) is 0 Å². The van der Waals surface area contributed by atoms with Crippen LogP contribution in [0.1, 0.15) is 12.8 Å². The van der Waals surface area contributed by atoms with Gasteiger partial charge in [0.2, 0.25) is 0 Å². The van der Waals surface area contributed by atoms with Crippen LogP contribution >= 0.6 is 0 Å². The second-order valence-corrected chi connectivity index (χ2v) is 4.45. The molecular weight excluding hydrogens is 222 g/mol. The van der Waals surface area contributed by atoms with Crippen LogP contribution in [0.25, 0.3) is 0 Å². The molecule has 6 heteroatoms. The number of imidazole rings is 1. The summed E-state index contributed by atoms with van der Waals surface area (Å²) in [5, 5.41) is 10.3. The first-order valence-corrected chi connectivity index (χ1v) is 5.64. The van der Waals surface area contributed by atoms with Crippen molar-refractivity contribution < 1.29 is 14.6 Å². The van der Waals surface area contributed by atoms with Gasteiger partial charge < -0.3 is 14.7 Å². The van der Waals surface area contributed by atoms with E-state index in [0.29, 0.717) is 32.6 Å². The van der Waals surface area contributed by atoms with Gasteiger partial charge in [0.15, 0.2) is 0 Å². The summed E-state index contributed by atoms with van der Waals surface area (Å²) >= 11 is 0. The largest absolute Gasteiger partial charge is 0.388 e. The number of rotatable bonds is 2. The minimum Gasteiger partial charge on any atom is -0.388 e. The first kappa shape index (κ1) is 12.1. The smallest absolute Gasteiger partial charge is 0.329 e. The van der Waals surface area contributed by atoms with Crippen LogP contribution in [-0.2, 0) is 4.74 Å². The molecule has 0 unspecified atom stereocenters. The molecule has 0 spiro atoms. The van der Waals surface area contributed by atoms with Crippen molar-refractivity contribution >= 4 is 6.03 Å². The van der Waals surface area contributed by atoms with Gasteiger partial charge in [-0.05, 0) is 0 Å². The molecule has 0 saturated carbocycles. The third kappa shape index (κ3) is 2.83. The molecule has 1 aromatic rings. The van der Waals surface area contributed by atoms with Crippen LogP contribution in [0, 0.1) is 0 Å². The van der Waals surface area contributed by atoms with E-state index in [9.17, 15) is 9.90 Å². The van der Waals surface area contributed by atoms with Crippen molar-refractivity contribution in [3.63, 3.8) is 0 Å². The van der Waals surface area contributed by atoms with Crippen molar-refractivity contribution in [3.8, 4) is 0 Å². The number of ether oxygens (including phenoxy) is 1. The van der Waals surface area contributed by atoms with Gasteiger partial charge >= 0.3 is 6.03 Å². The maximum Gasteiger partial charge on any atom is 0.329 e. The highest BCUT2D eigenvalue weighted by atomic mass is 16.5. The minimum absolute atomic E-state index is 0.192. The molecule has 17 heavy (non-hydrogen) atoms. The van der Waals surface area contributed by atoms with Gasteiger partial charge in [0, 0.05) is 45.5 Å². The van der Waals surface area contributed by atoms with Crippen LogP contribution in [-0.4, -0.2) is 58.0 Å². The van der Waals surface area contributed by atoms with E-state index in [1.807, 2.05) is 0 Å². The molecule has 94 valence electrons. The van der Waals surface area contributed by atoms with Crippen LogP contribution in [0.4, 0.5) is 4.79 Å². The Morgan fingerprint density at radius 1 is 1.59 bits per heavy atom. The number of amides is 1. The van der Waals surface area contributed by atoms with Crippen molar-refractivity contribution in [2.75, 3.05) is 26.8 Å². The number of likely N-dealkylation sites (N-methyl/N-ethyl adjacent to an activating group) is 1. The molecule has 1 saturated heterocycles. The predicted molar refractivity (Wildman–Crippen MR) is 60.7 cm³/mol. The van der Waals surface area contributed by atoms with E-state index in [-0.39, 0.29) is 6.03 Å². The maximum atomic E-state index is 11.9. The lowest BCUT2D eigenvalue weighted by atomic mass is 9.94. The fourth-order valence-corrected chi connectivity index (χ4v) is 1.99. The second-order valence-electron chi connectivity index (χ2n) is 4.45. The molecule has 0 aromatic carbocycles. The molecule has 6 nitrogen and oxygen atoms in total. The Balaban J connectivity index is 1.96. The van der Waals surface area contributed by atoms with Gasteiger partial charge in [0.05, 0.1) is 12.1 Å². The van der Waals surface area contributed by atoms with Crippen molar-refractivity contribution in [1.29, 1.82) is 0 Å². The van der Waals surface area contributed by atoms with E-state index in [1.54, 1.807) is 19.4 Å². The maximum absolute atomic E-state index is 11.9. The summed E-state index contributed by atoms with van der Waals surface area (Å²) in [6.07, 6.45) is 5.72. The molecule has 1 N–H and O–H groups in total. The van der Waals surface area contributed by atoms with E-state index in [2.05, 4.69) is 4.98 Å². The highest BCUT2D eigenvalue weighted by molar-refractivity contribution is 5.76. The van der Waals surface area contributed by atoms with Gasteiger partial charge in [0.25, 0.3) is 0 Å². The molecule has 2 rings (SSSR count). The van der Waals surface area contributed by atoms with Crippen molar-refractivity contribution in [2.45, 2.75) is 18.4 Å². The second kappa shape index (κ2) is 4.85. The SMILES string of the molecule is CN(CC1(O)CCOCC1)C(=O)n1ccnc1. The Morgan fingerprint density at radius 2 is 2.29 bits per heavy atom. The van der Waals surface area contributed by atoms with Crippen LogP contribution < -0.4 is 0 Å². The molecule has 0 aliphatic carbocycles. The standard InChI is InChI=1S/C11H17N3O3/c1-13(10(15)14-5-4-12-9-14)8-11(16)2-6-17-7-3-11/h4-5,9,16H,2-3,6-8H2,1H3. The van der Waals surface area contributed by atoms with Gasteiger partial charge in [-0.3, -0.25) is 4.57 Å². The predicted octanol–water partition coefficient (Wildman–Crippen LogP) is 0.324. The summed E-state index contributed by atoms with van der Waals surface area (Å²) in [4.78, 5) is 17.3. The topological polar surface area (TPSA) is 67.6 Å². The fraction of sp³-hybridized carbons (Fsp3) is 0.636. The number of hydrogen-bond donors (Lipinski definition) is 1. The summed E-state index contributed by atoms with van der Waals surface area (Å²) in [6, 6.07) is -0.192. The van der Waals surface area contributed by atoms with Crippen molar-refractivity contribution in [1.82, 2.24) is 14.5 Å². The summed E-state index contributed by atoms with van der Waals surface area (Å²) in [6.45, 7) is 1.40.